The van der Waals surface area contributed by atoms with E-state index in [4.69, 9.17) is 4.84 Å². The van der Waals surface area contributed by atoms with Crippen LogP contribution >= 0.6 is 0 Å². The molecule has 42 heavy (non-hydrogen) atoms. The number of rotatable bonds is 12. The van der Waals surface area contributed by atoms with E-state index in [1.807, 2.05) is 0 Å². The Bertz CT molecular complexity index is 893. The van der Waals surface area contributed by atoms with Gasteiger partial charge in [-0.3, -0.25) is 14.4 Å². The van der Waals surface area contributed by atoms with Crippen LogP contribution < -0.4 is 16.0 Å². The van der Waals surface area contributed by atoms with Crippen molar-refractivity contribution in [1.29, 1.82) is 0 Å². The van der Waals surface area contributed by atoms with E-state index in [2.05, 4.69) is 27.8 Å². The van der Waals surface area contributed by atoms with E-state index in [0.717, 1.165) is 63.8 Å². The first kappa shape index (κ1) is 33.2. The maximum Gasteiger partial charge on any atom is 0.240 e. The molecule has 0 spiro atoms. The van der Waals surface area contributed by atoms with Crippen LogP contribution in [0, 0.1) is 41.4 Å². The van der Waals surface area contributed by atoms with E-state index in [1.165, 1.54) is 38.5 Å². The molecule has 1 saturated heterocycles. The van der Waals surface area contributed by atoms with Gasteiger partial charge in [0, 0.05) is 37.4 Å². The number of nitrogens with one attached hydrogen (secondary N) is 3. The first-order chi connectivity index (χ1) is 20.5. The molecule has 2 unspecified atom stereocenters. The first-order valence-electron chi connectivity index (χ1n) is 16.9. The summed E-state index contributed by atoms with van der Waals surface area (Å²) in [4.78, 5) is 31.9. The maximum atomic E-state index is 13.4. The maximum absolute atomic E-state index is 13.4. The summed E-state index contributed by atoms with van der Waals surface area (Å²) < 4.78 is 0. The van der Waals surface area contributed by atoms with Crippen molar-refractivity contribution in [2.24, 2.45) is 29.6 Å². The van der Waals surface area contributed by atoms with Gasteiger partial charge in [0.15, 0.2) is 0 Å². The van der Waals surface area contributed by atoms with Gasteiger partial charge in [-0.25, -0.2) is 0 Å². The van der Waals surface area contributed by atoms with Gasteiger partial charge in [0.2, 0.25) is 11.8 Å². The fraction of sp³-hybridized carbons (Fsp3) is 0.879. The Hall–Kier alpha value is -1.70. The van der Waals surface area contributed by atoms with Gasteiger partial charge in [-0.15, -0.1) is 0 Å². The fourth-order valence-electron chi connectivity index (χ4n) is 7.65. The second-order valence-corrected chi connectivity index (χ2v) is 13.3. The smallest absolute Gasteiger partial charge is 0.240 e. The van der Waals surface area contributed by atoms with Gasteiger partial charge in [-0.1, -0.05) is 56.8 Å². The largest absolute Gasteiger partial charge is 0.394 e. The van der Waals surface area contributed by atoms with Crippen LogP contribution in [0.5, 0.6) is 0 Å². The quantitative estimate of drug-likeness (QED) is 0.176. The highest BCUT2D eigenvalue weighted by molar-refractivity contribution is 5.82. The molecule has 3 saturated carbocycles. The van der Waals surface area contributed by atoms with Crippen LogP contribution in [0.15, 0.2) is 0 Å². The number of carbonyl (C=O) groups is 2. The highest BCUT2D eigenvalue weighted by Crippen LogP contribution is 2.35. The zero-order valence-electron chi connectivity index (χ0n) is 25.8. The van der Waals surface area contributed by atoms with Crippen LogP contribution in [0.4, 0.5) is 0 Å². The molecular formula is C33H56N4O5. The molecule has 0 radical (unpaired) electrons. The molecule has 0 aromatic carbocycles. The third-order valence-electron chi connectivity index (χ3n) is 9.99. The van der Waals surface area contributed by atoms with E-state index in [1.54, 1.807) is 12.0 Å². The van der Waals surface area contributed by atoms with E-state index < -0.39 is 24.2 Å². The van der Waals surface area contributed by atoms with Crippen molar-refractivity contribution < 1.29 is 24.6 Å². The Morgan fingerprint density at radius 2 is 1.62 bits per heavy atom. The lowest BCUT2D eigenvalue weighted by Crippen LogP contribution is -2.51. The highest BCUT2D eigenvalue weighted by Gasteiger charge is 2.49. The van der Waals surface area contributed by atoms with Crippen molar-refractivity contribution in [2.45, 2.75) is 115 Å². The van der Waals surface area contributed by atoms with Crippen molar-refractivity contribution in [2.75, 3.05) is 39.3 Å². The van der Waals surface area contributed by atoms with Gasteiger partial charge in [-0.05, 0) is 70.3 Å². The lowest BCUT2D eigenvalue weighted by atomic mass is 9.81. The van der Waals surface area contributed by atoms with Gasteiger partial charge in [0.05, 0.1) is 19.3 Å². The van der Waals surface area contributed by atoms with Crippen LogP contribution in [0.1, 0.15) is 96.8 Å². The molecule has 1 aliphatic heterocycles. The van der Waals surface area contributed by atoms with Crippen LogP contribution in [0.2, 0.25) is 0 Å². The SMILES string of the molecule is C[C@@H](O)[C@H]1[C@@H](CO)ON(CC2CCCC(C#CCNC(=O)C3CCCCC3)C2)[C@H]1C(=O)NCCNCC1CCCCC1. The van der Waals surface area contributed by atoms with Crippen molar-refractivity contribution in [1.82, 2.24) is 21.0 Å². The average molecular weight is 589 g/mol. The molecule has 4 fully saturated rings. The third kappa shape index (κ3) is 9.92. The summed E-state index contributed by atoms with van der Waals surface area (Å²) in [6, 6.07) is -0.651. The molecule has 0 aromatic heterocycles. The normalized spacial score (nSPS) is 30.3. The molecule has 2 amide bonds. The van der Waals surface area contributed by atoms with E-state index >= 15 is 0 Å². The molecule has 4 aliphatic rings. The van der Waals surface area contributed by atoms with Gasteiger partial charge in [0.1, 0.15) is 12.1 Å². The molecule has 1 heterocycles. The van der Waals surface area contributed by atoms with Crippen LogP contribution in [0.3, 0.4) is 0 Å². The minimum absolute atomic E-state index is 0.145. The van der Waals surface area contributed by atoms with Gasteiger partial charge < -0.3 is 26.2 Å². The fourth-order valence-corrected chi connectivity index (χ4v) is 7.65. The van der Waals surface area contributed by atoms with Gasteiger partial charge >= 0.3 is 0 Å². The summed E-state index contributed by atoms with van der Waals surface area (Å²) in [7, 11) is 0. The summed E-state index contributed by atoms with van der Waals surface area (Å²) in [5, 5.41) is 31.9. The topological polar surface area (TPSA) is 123 Å². The predicted octanol–water partition coefficient (Wildman–Crippen LogP) is 2.75. The van der Waals surface area contributed by atoms with Gasteiger partial charge in [0.25, 0.3) is 0 Å². The van der Waals surface area contributed by atoms with Crippen molar-refractivity contribution in [3.8, 4) is 11.8 Å². The molecular weight excluding hydrogens is 532 g/mol. The Morgan fingerprint density at radius 1 is 0.905 bits per heavy atom. The van der Waals surface area contributed by atoms with Crippen LogP contribution in [-0.4, -0.2) is 84.7 Å². The number of aliphatic hydroxyl groups excluding tert-OH is 2. The zero-order valence-corrected chi connectivity index (χ0v) is 25.8. The molecule has 5 N–H and O–H groups in total. The van der Waals surface area contributed by atoms with E-state index in [-0.39, 0.29) is 30.3 Å². The van der Waals surface area contributed by atoms with Gasteiger partial charge in [-0.2, -0.15) is 5.06 Å². The lowest BCUT2D eigenvalue weighted by molar-refractivity contribution is -0.183. The number of hydrogen-bond donors (Lipinski definition) is 5. The number of hydrogen-bond acceptors (Lipinski definition) is 7. The first-order valence-corrected chi connectivity index (χ1v) is 16.9. The molecule has 0 aromatic rings. The molecule has 238 valence electrons. The Balaban J connectivity index is 1.25. The van der Waals surface area contributed by atoms with Crippen LogP contribution in [-0.2, 0) is 14.4 Å². The summed E-state index contributed by atoms with van der Waals surface area (Å²) in [6.07, 6.45) is 14.7. The third-order valence-corrected chi connectivity index (χ3v) is 9.99. The van der Waals surface area contributed by atoms with Crippen molar-refractivity contribution in [3.63, 3.8) is 0 Å². The second kappa shape index (κ2) is 17.6. The number of nitrogens with zero attached hydrogens (tertiary/aromatic N) is 1. The highest BCUT2D eigenvalue weighted by atomic mass is 16.7. The number of amides is 2. The number of carbonyl (C=O) groups excluding carboxylic acids is 2. The molecule has 0 bridgehead atoms. The summed E-state index contributed by atoms with van der Waals surface area (Å²) in [5.41, 5.74) is 0. The Kier molecular flexibility index (Phi) is 13.9. The molecule has 4 rings (SSSR count). The van der Waals surface area contributed by atoms with Crippen molar-refractivity contribution in [3.05, 3.63) is 0 Å². The second-order valence-electron chi connectivity index (χ2n) is 13.3. The van der Waals surface area contributed by atoms with E-state index in [0.29, 0.717) is 32.1 Å². The lowest BCUT2D eigenvalue weighted by Gasteiger charge is -2.32. The summed E-state index contributed by atoms with van der Waals surface area (Å²) in [6.45, 7) is 4.62. The molecule has 6 atom stereocenters. The Morgan fingerprint density at radius 3 is 2.33 bits per heavy atom. The standard InChI is InChI=1S/C33H56N4O5/c1-24(39)30-29(23-38)42-37(31(30)33(41)36-19-18-34-21-26-10-4-2-5-11-26)22-27-13-8-12-25(20-27)14-9-17-35-32(40)28-15-6-3-7-16-28/h24-31,34,38-39H,2-8,10-13,15-23H2,1H3,(H,35,40)(H,36,41)/t24-,25?,27?,29-,30+,31-/m1/s1. The zero-order chi connectivity index (χ0) is 29.7. The summed E-state index contributed by atoms with van der Waals surface area (Å²) in [5.74, 6) is 7.51. The minimum atomic E-state index is -0.791. The Labute approximate surface area is 253 Å². The number of hydroxylamine groups is 2. The average Bonchev–Trinajstić information content (AvgIpc) is 3.38. The van der Waals surface area contributed by atoms with Crippen LogP contribution in [0.25, 0.3) is 0 Å². The predicted molar refractivity (Wildman–Crippen MR) is 163 cm³/mol. The summed E-state index contributed by atoms with van der Waals surface area (Å²) >= 11 is 0. The molecule has 3 aliphatic carbocycles. The molecule has 9 heteroatoms. The minimum Gasteiger partial charge on any atom is -0.394 e. The van der Waals surface area contributed by atoms with Crippen molar-refractivity contribution >= 4 is 11.8 Å². The van der Waals surface area contributed by atoms with E-state index in [9.17, 15) is 19.8 Å². The monoisotopic (exact) mass is 588 g/mol. The number of aliphatic hydroxyl groups is 2. The molecule has 9 nitrogen and oxygen atoms in total.